The zero-order valence-corrected chi connectivity index (χ0v) is 9.92. The van der Waals surface area contributed by atoms with Gasteiger partial charge >= 0.3 is 0 Å². The molecule has 1 aromatic heterocycles. The molecule has 0 aromatic carbocycles. The number of carbonyl (C=O) groups is 1. The Morgan fingerprint density at radius 1 is 1.62 bits per heavy atom. The zero-order valence-electron chi connectivity index (χ0n) is 9.16. The Morgan fingerprint density at radius 3 is 2.88 bits per heavy atom. The van der Waals surface area contributed by atoms with Crippen LogP contribution in [0.15, 0.2) is 6.20 Å². The highest BCUT2D eigenvalue weighted by Crippen LogP contribution is 2.14. The minimum absolute atomic E-state index is 0.134. The largest absolute Gasteiger partial charge is 0.349 e. The number of halogens is 1. The van der Waals surface area contributed by atoms with E-state index < -0.39 is 0 Å². The predicted octanol–water partition coefficient (Wildman–Crippen LogP) is 0.555. The monoisotopic (exact) mass is 242 g/mol. The average Bonchev–Trinajstić information content (AvgIpc) is 2.61. The van der Waals surface area contributed by atoms with Gasteiger partial charge in [0.05, 0.1) is 11.8 Å². The quantitative estimate of drug-likeness (QED) is 0.797. The standard InChI is InChI=1S/C10H15ClN4O/c1-15-9(11)8(6-13-15)10(16)14-7-2-4-12-5-3-7/h6-7,12H,2-5H2,1H3,(H,14,16). The third-order valence-electron chi connectivity index (χ3n) is 2.79. The summed E-state index contributed by atoms with van der Waals surface area (Å²) in [6.07, 6.45) is 3.42. The number of hydrogen-bond donors (Lipinski definition) is 2. The molecule has 88 valence electrons. The molecule has 1 aliphatic rings. The molecule has 0 atom stereocenters. The lowest BCUT2D eigenvalue weighted by molar-refractivity contribution is 0.0929. The van der Waals surface area contributed by atoms with Gasteiger partial charge in [-0.1, -0.05) is 11.6 Å². The number of aromatic nitrogens is 2. The van der Waals surface area contributed by atoms with Crippen molar-refractivity contribution in [3.63, 3.8) is 0 Å². The average molecular weight is 243 g/mol. The molecule has 16 heavy (non-hydrogen) atoms. The van der Waals surface area contributed by atoms with Crippen LogP contribution in [0.1, 0.15) is 23.2 Å². The molecule has 0 aliphatic carbocycles. The van der Waals surface area contributed by atoms with Crippen molar-refractivity contribution < 1.29 is 4.79 Å². The summed E-state index contributed by atoms with van der Waals surface area (Å²) in [6.45, 7) is 1.90. The van der Waals surface area contributed by atoms with Gasteiger partial charge in [-0.3, -0.25) is 9.48 Å². The number of rotatable bonds is 2. The van der Waals surface area contributed by atoms with Crippen molar-refractivity contribution in [2.24, 2.45) is 7.05 Å². The molecule has 0 saturated carbocycles. The second-order valence-electron chi connectivity index (χ2n) is 3.97. The number of piperidine rings is 1. The van der Waals surface area contributed by atoms with E-state index in [0.29, 0.717) is 10.7 Å². The number of hydrogen-bond acceptors (Lipinski definition) is 3. The molecule has 0 spiro atoms. The summed E-state index contributed by atoms with van der Waals surface area (Å²) in [5.41, 5.74) is 0.447. The lowest BCUT2D eigenvalue weighted by Crippen LogP contribution is -2.42. The molecule has 2 heterocycles. The number of aryl methyl sites for hydroxylation is 1. The Morgan fingerprint density at radius 2 is 2.31 bits per heavy atom. The summed E-state index contributed by atoms with van der Waals surface area (Å²) >= 11 is 5.95. The first-order valence-electron chi connectivity index (χ1n) is 5.37. The minimum atomic E-state index is -0.134. The van der Waals surface area contributed by atoms with Crippen LogP contribution < -0.4 is 10.6 Å². The van der Waals surface area contributed by atoms with Crippen molar-refractivity contribution in [1.82, 2.24) is 20.4 Å². The van der Waals surface area contributed by atoms with Crippen molar-refractivity contribution in [2.45, 2.75) is 18.9 Å². The minimum Gasteiger partial charge on any atom is -0.349 e. The number of carbonyl (C=O) groups excluding carboxylic acids is 1. The molecule has 0 radical (unpaired) electrons. The summed E-state index contributed by atoms with van der Waals surface area (Å²) in [7, 11) is 1.71. The van der Waals surface area contributed by atoms with Crippen molar-refractivity contribution in [3.8, 4) is 0 Å². The number of nitrogens with one attached hydrogen (secondary N) is 2. The lowest BCUT2D eigenvalue weighted by Gasteiger charge is -2.23. The van der Waals surface area contributed by atoms with Gasteiger partial charge in [-0.2, -0.15) is 5.10 Å². The van der Waals surface area contributed by atoms with E-state index in [2.05, 4.69) is 15.7 Å². The Labute approximate surface area is 99.2 Å². The molecule has 2 rings (SSSR count). The van der Waals surface area contributed by atoms with Crippen LogP contribution in [0, 0.1) is 0 Å². The Hall–Kier alpha value is -1.07. The van der Waals surface area contributed by atoms with Crippen molar-refractivity contribution >= 4 is 17.5 Å². The second-order valence-corrected chi connectivity index (χ2v) is 4.33. The van der Waals surface area contributed by atoms with Crippen molar-refractivity contribution in [1.29, 1.82) is 0 Å². The van der Waals surface area contributed by atoms with E-state index in [4.69, 9.17) is 11.6 Å². The molecular weight excluding hydrogens is 228 g/mol. The van der Waals surface area contributed by atoms with E-state index in [1.54, 1.807) is 7.05 Å². The highest BCUT2D eigenvalue weighted by atomic mass is 35.5. The summed E-state index contributed by atoms with van der Waals surface area (Å²) in [6, 6.07) is 0.241. The number of nitrogens with zero attached hydrogens (tertiary/aromatic N) is 2. The van der Waals surface area contributed by atoms with Gasteiger partial charge in [0.1, 0.15) is 5.15 Å². The number of amides is 1. The molecule has 1 aromatic rings. The van der Waals surface area contributed by atoms with E-state index >= 15 is 0 Å². The fraction of sp³-hybridized carbons (Fsp3) is 0.600. The van der Waals surface area contributed by atoms with Gasteiger partial charge in [0, 0.05) is 13.1 Å². The molecule has 0 bridgehead atoms. The maximum Gasteiger partial charge on any atom is 0.256 e. The summed E-state index contributed by atoms with van der Waals surface area (Å²) in [4.78, 5) is 11.9. The molecule has 0 unspecified atom stereocenters. The molecule has 5 nitrogen and oxygen atoms in total. The van der Waals surface area contributed by atoms with Crippen LogP contribution in [-0.4, -0.2) is 34.8 Å². The summed E-state index contributed by atoms with van der Waals surface area (Å²) in [5.74, 6) is -0.134. The Bertz CT molecular complexity index is 384. The van der Waals surface area contributed by atoms with E-state index in [1.807, 2.05) is 0 Å². The fourth-order valence-electron chi connectivity index (χ4n) is 1.80. The predicted molar refractivity (Wildman–Crippen MR) is 61.6 cm³/mol. The van der Waals surface area contributed by atoms with Crippen LogP contribution in [-0.2, 0) is 7.05 Å². The summed E-state index contributed by atoms with van der Waals surface area (Å²) in [5, 5.41) is 10.5. The Kier molecular flexibility index (Phi) is 3.46. The molecule has 1 fully saturated rings. The first-order chi connectivity index (χ1) is 7.68. The van der Waals surface area contributed by atoms with Gasteiger partial charge in [-0.15, -0.1) is 0 Å². The first kappa shape index (κ1) is 11.4. The molecule has 1 saturated heterocycles. The summed E-state index contributed by atoms with van der Waals surface area (Å²) < 4.78 is 1.49. The molecule has 6 heteroatoms. The van der Waals surface area contributed by atoms with E-state index in [0.717, 1.165) is 25.9 Å². The maximum absolute atomic E-state index is 11.9. The van der Waals surface area contributed by atoms with E-state index in [9.17, 15) is 4.79 Å². The first-order valence-corrected chi connectivity index (χ1v) is 5.75. The normalized spacial score (nSPS) is 17.4. The molecular formula is C10H15ClN4O. The molecule has 1 aliphatic heterocycles. The van der Waals surface area contributed by atoms with Gasteiger partial charge in [-0.05, 0) is 25.9 Å². The van der Waals surface area contributed by atoms with Gasteiger partial charge in [-0.25, -0.2) is 0 Å². The van der Waals surface area contributed by atoms with Crippen LogP contribution in [0.25, 0.3) is 0 Å². The second kappa shape index (κ2) is 4.84. The zero-order chi connectivity index (χ0) is 11.5. The smallest absolute Gasteiger partial charge is 0.256 e. The Balaban J connectivity index is 1.99. The van der Waals surface area contributed by atoms with Gasteiger partial charge < -0.3 is 10.6 Å². The van der Waals surface area contributed by atoms with E-state index in [-0.39, 0.29) is 11.9 Å². The fourth-order valence-corrected chi connectivity index (χ4v) is 1.98. The van der Waals surface area contributed by atoms with Crippen LogP contribution in [0.2, 0.25) is 5.15 Å². The highest BCUT2D eigenvalue weighted by molar-refractivity contribution is 6.32. The maximum atomic E-state index is 11.9. The topological polar surface area (TPSA) is 59.0 Å². The molecule has 1 amide bonds. The highest BCUT2D eigenvalue weighted by Gasteiger charge is 2.19. The van der Waals surface area contributed by atoms with Gasteiger partial charge in [0.15, 0.2) is 0 Å². The van der Waals surface area contributed by atoms with Crippen LogP contribution >= 0.6 is 11.6 Å². The third-order valence-corrected chi connectivity index (χ3v) is 3.23. The van der Waals surface area contributed by atoms with Crippen molar-refractivity contribution in [3.05, 3.63) is 16.9 Å². The van der Waals surface area contributed by atoms with Gasteiger partial charge in [0.2, 0.25) is 0 Å². The van der Waals surface area contributed by atoms with Gasteiger partial charge in [0.25, 0.3) is 5.91 Å². The van der Waals surface area contributed by atoms with Crippen LogP contribution in [0.5, 0.6) is 0 Å². The van der Waals surface area contributed by atoms with E-state index in [1.165, 1.54) is 10.9 Å². The van der Waals surface area contributed by atoms with Crippen LogP contribution in [0.3, 0.4) is 0 Å². The SMILES string of the molecule is Cn1ncc(C(=O)NC2CCNCC2)c1Cl. The lowest BCUT2D eigenvalue weighted by atomic mass is 10.1. The van der Waals surface area contributed by atoms with Crippen molar-refractivity contribution in [2.75, 3.05) is 13.1 Å². The van der Waals surface area contributed by atoms with Crippen LogP contribution in [0.4, 0.5) is 0 Å². The molecule has 2 N–H and O–H groups in total. The third kappa shape index (κ3) is 2.36.